The lowest BCUT2D eigenvalue weighted by Gasteiger charge is -2.19. The molecule has 0 radical (unpaired) electrons. The Morgan fingerprint density at radius 2 is 1.78 bits per heavy atom. The number of phenolic OH excluding ortho intramolecular Hbond substituents is 1. The first kappa shape index (κ1) is 13.6. The van der Waals surface area contributed by atoms with Crippen LogP contribution in [0.1, 0.15) is 37.5 Å². The molecule has 3 aromatic rings. The number of rotatable bonds is 1. The largest absolute Gasteiger partial charge is 0.507 e. The zero-order chi connectivity index (χ0) is 16.3. The third-order valence-electron chi connectivity index (χ3n) is 4.29. The highest BCUT2D eigenvalue weighted by atomic mass is 16.5. The van der Waals surface area contributed by atoms with E-state index in [4.69, 9.17) is 4.74 Å². The zero-order valence-corrected chi connectivity index (χ0v) is 12.6. The van der Waals surface area contributed by atoms with Gasteiger partial charge in [0, 0.05) is 10.9 Å². The lowest BCUT2D eigenvalue weighted by Crippen LogP contribution is -2.21. The van der Waals surface area contributed by atoms with Crippen molar-refractivity contribution >= 4 is 22.5 Å². The fraction of sp³-hybridized carbons (Fsp3) is 0.111. The lowest BCUT2D eigenvalue weighted by molar-refractivity contribution is 0.0972. The van der Waals surface area contributed by atoms with Crippen LogP contribution in [0.3, 0.4) is 0 Å². The van der Waals surface area contributed by atoms with Crippen LogP contribution in [0, 0.1) is 6.92 Å². The van der Waals surface area contributed by atoms with Crippen LogP contribution in [0.2, 0.25) is 0 Å². The molecule has 1 aromatic heterocycles. The van der Waals surface area contributed by atoms with Gasteiger partial charge in [0.2, 0.25) is 11.6 Å². The fourth-order valence-corrected chi connectivity index (χ4v) is 3.18. The number of methoxy groups -OCH3 is 1. The summed E-state index contributed by atoms with van der Waals surface area (Å²) in [7, 11) is 1.44. The summed E-state index contributed by atoms with van der Waals surface area (Å²) in [6, 6.07) is 8.81. The second-order valence-electron chi connectivity index (χ2n) is 5.57. The maximum absolute atomic E-state index is 13.0. The highest BCUT2D eigenvalue weighted by Gasteiger charge is 2.38. The van der Waals surface area contributed by atoms with Crippen molar-refractivity contribution in [2.75, 3.05) is 7.11 Å². The first-order valence-corrected chi connectivity index (χ1v) is 7.15. The van der Waals surface area contributed by atoms with Crippen molar-refractivity contribution in [2.45, 2.75) is 6.92 Å². The first-order valence-electron chi connectivity index (χ1n) is 7.15. The molecule has 0 unspecified atom stereocenters. The molecule has 0 saturated carbocycles. The van der Waals surface area contributed by atoms with Gasteiger partial charge in [-0.1, -0.05) is 18.2 Å². The average Bonchev–Trinajstić information content (AvgIpc) is 2.94. The summed E-state index contributed by atoms with van der Waals surface area (Å²) in [5, 5.41) is 11.0. The molecule has 1 aliphatic rings. The molecule has 2 aromatic carbocycles. The Morgan fingerprint density at radius 3 is 2.52 bits per heavy atom. The molecule has 0 bridgehead atoms. The molecular formula is C18H13NO4. The predicted molar refractivity (Wildman–Crippen MR) is 84.6 cm³/mol. The van der Waals surface area contributed by atoms with Gasteiger partial charge < -0.3 is 14.8 Å². The molecule has 114 valence electrons. The second kappa shape index (κ2) is 4.46. The maximum atomic E-state index is 13.0. The van der Waals surface area contributed by atoms with Crippen molar-refractivity contribution in [3.8, 4) is 11.5 Å². The number of carbonyl (C=O) groups excluding carboxylic acids is 2. The summed E-state index contributed by atoms with van der Waals surface area (Å²) in [4.78, 5) is 28.9. The molecule has 5 nitrogen and oxygen atoms in total. The number of aryl methyl sites for hydroxylation is 1. The van der Waals surface area contributed by atoms with Crippen LogP contribution in [-0.2, 0) is 0 Å². The third-order valence-corrected chi connectivity index (χ3v) is 4.29. The number of phenols is 1. The highest BCUT2D eigenvalue weighted by Crippen LogP contribution is 2.41. The summed E-state index contributed by atoms with van der Waals surface area (Å²) < 4.78 is 5.28. The number of aromatic hydroxyl groups is 1. The van der Waals surface area contributed by atoms with E-state index in [2.05, 4.69) is 4.98 Å². The topological polar surface area (TPSA) is 79.4 Å². The van der Waals surface area contributed by atoms with Gasteiger partial charge in [-0.25, -0.2) is 0 Å². The molecule has 4 rings (SSSR count). The van der Waals surface area contributed by atoms with E-state index < -0.39 is 5.78 Å². The number of carbonyl (C=O) groups is 2. The smallest absolute Gasteiger partial charge is 0.214 e. The Kier molecular flexibility index (Phi) is 2.63. The number of para-hydroxylation sites is 1. The standard InChI is InChI=1S/C18H13NO4/c1-8-7-11(23-2)13-14(16(8)20)18(22)15-12(17(13)21)9-5-3-4-6-10(9)19-15/h3-7,19-20H,1-2H3. The molecule has 23 heavy (non-hydrogen) atoms. The minimum absolute atomic E-state index is 0.00547. The van der Waals surface area contributed by atoms with Crippen LogP contribution >= 0.6 is 0 Å². The normalized spacial score (nSPS) is 13.1. The van der Waals surface area contributed by atoms with E-state index in [0.29, 0.717) is 27.8 Å². The molecule has 0 aliphatic heterocycles. The number of nitrogens with one attached hydrogen (secondary N) is 1. The van der Waals surface area contributed by atoms with Gasteiger partial charge in [0.1, 0.15) is 11.5 Å². The molecule has 0 saturated heterocycles. The van der Waals surface area contributed by atoms with Crippen LogP contribution in [0.5, 0.6) is 11.5 Å². The van der Waals surface area contributed by atoms with Crippen LogP contribution in [0.4, 0.5) is 0 Å². The molecule has 1 aliphatic carbocycles. The minimum atomic E-state index is -0.398. The molecule has 0 atom stereocenters. The number of hydrogen-bond donors (Lipinski definition) is 2. The summed E-state index contributed by atoms with van der Waals surface area (Å²) >= 11 is 0. The lowest BCUT2D eigenvalue weighted by atomic mass is 9.84. The Labute approximate surface area is 131 Å². The predicted octanol–water partition coefficient (Wildman–Crippen LogP) is 2.97. The van der Waals surface area contributed by atoms with Gasteiger partial charge in [-0.05, 0) is 24.6 Å². The van der Waals surface area contributed by atoms with E-state index in [1.165, 1.54) is 7.11 Å². The van der Waals surface area contributed by atoms with E-state index >= 15 is 0 Å². The van der Waals surface area contributed by atoms with Gasteiger partial charge in [-0.15, -0.1) is 0 Å². The molecule has 0 amide bonds. The highest BCUT2D eigenvalue weighted by molar-refractivity contribution is 6.33. The first-order chi connectivity index (χ1) is 11.0. The minimum Gasteiger partial charge on any atom is -0.507 e. The van der Waals surface area contributed by atoms with Gasteiger partial charge >= 0.3 is 0 Å². The molecule has 5 heteroatoms. The number of ketones is 2. The molecule has 1 heterocycles. The number of ether oxygens (including phenoxy) is 1. The molecule has 0 fully saturated rings. The summed E-state index contributed by atoms with van der Waals surface area (Å²) in [5.74, 6) is -0.600. The van der Waals surface area contributed by atoms with E-state index in [1.807, 2.05) is 12.1 Å². The van der Waals surface area contributed by atoms with Crippen LogP contribution in [-0.4, -0.2) is 28.8 Å². The van der Waals surface area contributed by atoms with Gasteiger partial charge in [-0.2, -0.15) is 0 Å². The van der Waals surface area contributed by atoms with Crippen molar-refractivity contribution in [2.24, 2.45) is 0 Å². The van der Waals surface area contributed by atoms with E-state index in [0.717, 1.165) is 0 Å². The van der Waals surface area contributed by atoms with E-state index in [9.17, 15) is 14.7 Å². The summed E-state index contributed by atoms with van der Waals surface area (Å²) in [5.41, 5.74) is 1.87. The fourth-order valence-electron chi connectivity index (χ4n) is 3.18. The molecular weight excluding hydrogens is 294 g/mol. The number of aromatic nitrogens is 1. The SMILES string of the molecule is COc1cc(C)c(O)c2c1C(=O)c1c([nH]c3ccccc13)C2=O. The quantitative estimate of drug-likeness (QED) is 0.566. The third kappa shape index (κ3) is 1.61. The second-order valence-corrected chi connectivity index (χ2v) is 5.57. The summed E-state index contributed by atoms with van der Waals surface area (Å²) in [6.07, 6.45) is 0. The Morgan fingerprint density at radius 1 is 1.04 bits per heavy atom. The van der Waals surface area contributed by atoms with Gasteiger partial charge in [0.15, 0.2) is 0 Å². The van der Waals surface area contributed by atoms with Gasteiger partial charge in [-0.3, -0.25) is 9.59 Å². The van der Waals surface area contributed by atoms with Crippen LogP contribution in [0.15, 0.2) is 30.3 Å². The van der Waals surface area contributed by atoms with Crippen molar-refractivity contribution in [3.05, 3.63) is 58.3 Å². The number of aromatic amines is 1. The number of fused-ring (bicyclic) bond motifs is 4. The van der Waals surface area contributed by atoms with Crippen LogP contribution in [0.25, 0.3) is 10.9 Å². The van der Waals surface area contributed by atoms with Crippen LogP contribution < -0.4 is 4.74 Å². The summed E-state index contributed by atoms with van der Waals surface area (Å²) in [6.45, 7) is 1.66. The number of hydrogen-bond acceptors (Lipinski definition) is 4. The van der Waals surface area contributed by atoms with E-state index in [-0.39, 0.29) is 28.4 Å². The average molecular weight is 307 g/mol. The van der Waals surface area contributed by atoms with Crippen molar-refractivity contribution < 1.29 is 19.4 Å². The molecule has 0 spiro atoms. The van der Waals surface area contributed by atoms with E-state index in [1.54, 1.807) is 25.1 Å². The Hall–Kier alpha value is -3.08. The van der Waals surface area contributed by atoms with Gasteiger partial charge in [0.25, 0.3) is 0 Å². The maximum Gasteiger partial charge on any atom is 0.214 e. The molecule has 2 N–H and O–H groups in total. The van der Waals surface area contributed by atoms with Crippen molar-refractivity contribution in [3.63, 3.8) is 0 Å². The Balaban J connectivity index is 2.14. The number of benzene rings is 2. The monoisotopic (exact) mass is 307 g/mol. The zero-order valence-electron chi connectivity index (χ0n) is 12.6. The van der Waals surface area contributed by atoms with Crippen molar-refractivity contribution in [1.29, 1.82) is 0 Å². The van der Waals surface area contributed by atoms with Crippen molar-refractivity contribution in [1.82, 2.24) is 4.98 Å². The van der Waals surface area contributed by atoms with Gasteiger partial charge in [0.05, 0.1) is 29.5 Å². The Bertz CT molecular complexity index is 1010. The number of H-pyrrole nitrogens is 1.